The van der Waals surface area contributed by atoms with Crippen LogP contribution in [0.4, 0.5) is 5.69 Å². The SMILES string of the molecule is C[C@@H]1C[C@@H](C)CN(Cc2ccc(C(=O)Nc3ccccc3)cc2)C1. The molecule has 0 radical (unpaired) electrons. The molecular formula is C21H26N2O. The van der Waals surface area contributed by atoms with Crippen molar-refractivity contribution in [3.8, 4) is 0 Å². The molecule has 3 rings (SSSR count). The number of amides is 1. The fourth-order valence-corrected chi connectivity index (χ4v) is 3.67. The van der Waals surface area contributed by atoms with E-state index in [0.29, 0.717) is 5.56 Å². The van der Waals surface area contributed by atoms with Crippen LogP contribution in [0.15, 0.2) is 54.6 Å². The lowest BCUT2D eigenvalue weighted by Crippen LogP contribution is -2.38. The number of benzene rings is 2. The summed E-state index contributed by atoms with van der Waals surface area (Å²) < 4.78 is 0. The lowest BCUT2D eigenvalue weighted by atomic mass is 9.91. The summed E-state index contributed by atoms with van der Waals surface area (Å²) in [7, 11) is 0. The van der Waals surface area contributed by atoms with Crippen LogP contribution in [0.3, 0.4) is 0 Å². The van der Waals surface area contributed by atoms with Gasteiger partial charge in [0.25, 0.3) is 5.91 Å². The highest BCUT2D eigenvalue weighted by Crippen LogP contribution is 2.22. The Morgan fingerprint density at radius 3 is 2.25 bits per heavy atom. The number of para-hydroxylation sites is 1. The molecule has 0 spiro atoms. The first kappa shape index (κ1) is 16.7. The van der Waals surface area contributed by atoms with Crippen molar-refractivity contribution in [2.45, 2.75) is 26.8 Å². The molecule has 1 saturated heterocycles. The van der Waals surface area contributed by atoms with Gasteiger partial charge in [-0.2, -0.15) is 0 Å². The largest absolute Gasteiger partial charge is 0.322 e. The van der Waals surface area contributed by atoms with E-state index in [4.69, 9.17) is 0 Å². The second-order valence-electron chi connectivity index (χ2n) is 7.16. The molecule has 0 aliphatic carbocycles. The Bertz CT molecular complexity index is 656. The third-order valence-electron chi connectivity index (χ3n) is 4.60. The lowest BCUT2D eigenvalue weighted by Gasteiger charge is -2.35. The summed E-state index contributed by atoms with van der Waals surface area (Å²) in [6.45, 7) is 7.97. The molecule has 0 aromatic heterocycles. The molecule has 1 fully saturated rings. The van der Waals surface area contributed by atoms with Crippen LogP contribution in [0.2, 0.25) is 0 Å². The summed E-state index contributed by atoms with van der Waals surface area (Å²) in [5.41, 5.74) is 2.79. The number of carbonyl (C=O) groups is 1. The maximum atomic E-state index is 12.3. The van der Waals surface area contributed by atoms with Crippen molar-refractivity contribution in [1.82, 2.24) is 4.90 Å². The number of rotatable bonds is 4. The maximum Gasteiger partial charge on any atom is 0.255 e. The van der Waals surface area contributed by atoms with Crippen molar-refractivity contribution >= 4 is 11.6 Å². The average molecular weight is 322 g/mol. The van der Waals surface area contributed by atoms with Gasteiger partial charge < -0.3 is 5.32 Å². The Balaban J connectivity index is 1.60. The van der Waals surface area contributed by atoms with Gasteiger partial charge in [-0.15, -0.1) is 0 Å². The van der Waals surface area contributed by atoms with Crippen molar-refractivity contribution in [3.63, 3.8) is 0 Å². The zero-order valence-electron chi connectivity index (χ0n) is 14.5. The van der Waals surface area contributed by atoms with Gasteiger partial charge in [-0.1, -0.05) is 44.2 Å². The molecular weight excluding hydrogens is 296 g/mol. The fraction of sp³-hybridized carbons (Fsp3) is 0.381. The Morgan fingerprint density at radius 2 is 1.62 bits per heavy atom. The first-order valence-corrected chi connectivity index (χ1v) is 8.78. The predicted molar refractivity (Wildman–Crippen MR) is 99.1 cm³/mol. The normalized spacial score (nSPS) is 21.4. The van der Waals surface area contributed by atoms with Crippen LogP contribution in [0, 0.1) is 11.8 Å². The Morgan fingerprint density at radius 1 is 1.00 bits per heavy atom. The molecule has 126 valence electrons. The molecule has 1 aliphatic heterocycles. The second-order valence-corrected chi connectivity index (χ2v) is 7.16. The maximum absolute atomic E-state index is 12.3. The van der Waals surface area contributed by atoms with Crippen LogP contribution < -0.4 is 5.32 Å². The second kappa shape index (κ2) is 7.63. The summed E-state index contributed by atoms with van der Waals surface area (Å²) in [6.07, 6.45) is 1.33. The van der Waals surface area contributed by atoms with Crippen LogP contribution in [0.25, 0.3) is 0 Å². The van der Waals surface area contributed by atoms with Crippen molar-refractivity contribution in [3.05, 3.63) is 65.7 Å². The highest BCUT2D eigenvalue weighted by molar-refractivity contribution is 6.04. The molecule has 1 aliphatic rings. The van der Waals surface area contributed by atoms with E-state index in [9.17, 15) is 4.79 Å². The molecule has 1 heterocycles. The number of hydrogen-bond donors (Lipinski definition) is 1. The Hall–Kier alpha value is -2.13. The number of nitrogens with zero attached hydrogens (tertiary/aromatic N) is 1. The van der Waals surface area contributed by atoms with Gasteiger partial charge >= 0.3 is 0 Å². The minimum Gasteiger partial charge on any atom is -0.322 e. The van der Waals surface area contributed by atoms with Gasteiger partial charge in [0.2, 0.25) is 0 Å². The third-order valence-corrected chi connectivity index (χ3v) is 4.60. The van der Waals surface area contributed by atoms with Crippen LogP contribution in [0.1, 0.15) is 36.2 Å². The monoisotopic (exact) mass is 322 g/mol. The van der Waals surface area contributed by atoms with E-state index in [1.54, 1.807) is 0 Å². The molecule has 0 bridgehead atoms. The number of piperidine rings is 1. The number of likely N-dealkylation sites (tertiary alicyclic amines) is 1. The molecule has 2 atom stereocenters. The van der Waals surface area contributed by atoms with Crippen LogP contribution in [-0.2, 0) is 6.54 Å². The van der Waals surface area contributed by atoms with Gasteiger partial charge in [0.1, 0.15) is 0 Å². The van der Waals surface area contributed by atoms with E-state index < -0.39 is 0 Å². The van der Waals surface area contributed by atoms with E-state index in [-0.39, 0.29) is 5.91 Å². The summed E-state index contributed by atoms with van der Waals surface area (Å²) in [6, 6.07) is 17.5. The topological polar surface area (TPSA) is 32.3 Å². The minimum atomic E-state index is -0.0621. The number of nitrogens with one attached hydrogen (secondary N) is 1. The summed E-state index contributed by atoms with van der Waals surface area (Å²) in [5, 5.41) is 2.92. The summed E-state index contributed by atoms with van der Waals surface area (Å²) in [4.78, 5) is 14.8. The van der Waals surface area contributed by atoms with Gasteiger partial charge in [0, 0.05) is 30.9 Å². The van der Waals surface area contributed by atoms with Crippen molar-refractivity contribution in [2.24, 2.45) is 11.8 Å². The van der Waals surface area contributed by atoms with E-state index in [1.807, 2.05) is 42.5 Å². The first-order chi connectivity index (χ1) is 11.6. The Kier molecular flexibility index (Phi) is 5.31. The van der Waals surface area contributed by atoms with Crippen molar-refractivity contribution in [1.29, 1.82) is 0 Å². The van der Waals surface area contributed by atoms with Gasteiger partial charge in [-0.3, -0.25) is 9.69 Å². The van der Waals surface area contributed by atoms with Crippen molar-refractivity contribution < 1.29 is 4.79 Å². The fourth-order valence-electron chi connectivity index (χ4n) is 3.67. The van der Waals surface area contributed by atoms with E-state index >= 15 is 0 Å². The van der Waals surface area contributed by atoms with Gasteiger partial charge in [-0.25, -0.2) is 0 Å². The molecule has 24 heavy (non-hydrogen) atoms. The lowest BCUT2D eigenvalue weighted by molar-refractivity contribution is 0.102. The van der Waals surface area contributed by atoms with E-state index in [1.165, 1.54) is 25.1 Å². The van der Waals surface area contributed by atoms with Crippen LogP contribution >= 0.6 is 0 Å². The van der Waals surface area contributed by atoms with Gasteiger partial charge in [0.15, 0.2) is 0 Å². The number of anilines is 1. The smallest absolute Gasteiger partial charge is 0.255 e. The van der Waals surface area contributed by atoms with E-state index in [2.05, 4.69) is 36.2 Å². The molecule has 2 aromatic rings. The number of hydrogen-bond acceptors (Lipinski definition) is 2. The van der Waals surface area contributed by atoms with Crippen LogP contribution in [0.5, 0.6) is 0 Å². The molecule has 3 nitrogen and oxygen atoms in total. The quantitative estimate of drug-likeness (QED) is 0.904. The first-order valence-electron chi connectivity index (χ1n) is 8.78. The van der Waals surface area contributed by atoms with Gasteiger partial charge in [0.05, 0.1) is 0 Å². The highest BCUT2D eigenvalue weighted by atomic mass is 16.1. The van der Waals surface area contributed by atoms with Crippen LogP contribution in [-0.4, -0.2) is 23.9 Å². The summed E-state index contributed by atoms with van der Waals surface area (Å²) in [5.74, 6) is 1.47. The molecule has 0 unspecified atom stereocenters. The molecule has 3 heteroatoms. The highest BCUT2D eigenvalue weighted by Gasteiger charge is 2.21. The Labute approximate surface area is 144 Å². The summed E-state index contributed by atoms with van der Waals surface area (Å²) >= 11 is 0. The zero-order chi connectivity index (χ0) is 16.9. The molecule has 0 saturated carbocycles. The predicted octanol–water partition coefficient (Wildman–Crippen LogP) is 4.42. The molecule has 2 aromatic carbocycles. The van der Waals surface area contributed by atoms with Gasteiger partial charge in [-0.05, 0) is 48.1 Å². The zero-order valence-corrected chi connectivity index (χ0v) is 14.5. The molecule has 1 amide bonds. The average Bonchev–Trinajstić information content (AvgIpc) is 2.55. The minimum absolute atomic E-state index is 0.0621. The number of carbonyl (C=O) groups excluding carboxylic acids is 1. The van der Waals surface area contributed by atoms with Crippen molar-refractivity contribution in [2.75, 3.05) is 18.4 Å². The van der Waals surface area contributed by atoms with E-state index in [0.717, 1.165) is 24.1 Å². The third kappa shape index (κ3) is 4.45. The molecule has 1 N–H and O–H groups in total. The standard InChI is InChI=1S/C21H26N2O/c1-16-12-17(2)14-23(13-16)15-18-8-10-19(11-9-18)21(24)22-20-6-4-3-5-7-20/h3-11,16-17H,12-15H2,1-2H3,(H,22,24)/t16-,17-/m1/s1.